The largest absolute Gasteiger partial charge is 0.491 e. The Labute approximate surface area is 77.5 Å². The van der Waals surface area contributed by atoms with Crippen LogP contribution in [0.1, 0.15) is 13.8 Å². The molecule has 0 aliphatic heterocycles. The predicted molar refractivity (Wildman–Crippen MR) is 57.1 cm³/mol. The van der Waals surface area contributed by atoms with Gasteiger partial charge >= 0.3 is 0 Å². The number of hydrogen-bond acceptors (Lipinski definition) is 4. The van der Waals surface area contributed by atoms with Crippen LogP contribution in [-0.2, 0) is 4.74 Å². The smallest absolute Gasteiger partial charge is 0.156 e. The van der Waals surface area contributed by atoms with Crippen LogP contribution in [0.4, 0.5) is 0 Å². The molecule has 0 rings (SSSR count). The second kappa shape index (κ2) is 9.33. The standard InChI is InChI=1S/C3H6OS.C3H6S2/c1-3(5)4-2;1-3(4)5-2/h2*1-2H3. The van der Waals surface area contributed by atoms with E-state index in [1.54, 1.807) is 25.8 Å². The third kappa shape index (κ3) is 23.9. The quantitative estimate of drug-likeness (QED) is 0.551. The molecule has 10 heavy (non-hydrogen) atoms. The number of methoxy groups -OCH3 is 1. The van der Waals surface area contributed by atoms with Gasteiger partial charge in [0.2, 0.25) is 0 Å². The van der Waals surface area contributed by atoms with E-state index in [1.807, 2.05) is 13.2 Å². The maximum absolute atomic E-state index is 4.66. The van der Waals surface area contributed by atoms with Crippen LogP contribution < -0.4 is 0 Å². The molecule has 60 valence electrons. The van der Waals surface area contributed by atoms with Crippen molar-refractivity contribution in [1.82, 2.24) is 0 Å². The number of thiocarbonyl (C=S) groups is 2. The van der Waals surface area contributed by atoms with Crippen LogP contribution in [0.2, 0.25) is 0 Å². The summed E-state index contributed by atoms with van der Waals surface area (Å²) in [5.41, 5.74) is 0. The van der Waals surface area contributed by atoms with Gasteiger partial charge in [0, 0.05) is 11.1 Å². The van der Waals surface area contributed by atoms with E-state index in [1.165, 1.54) is 0 Å². The second-order valence-corrected chi connectivity index (χ2v) is 3.86. The number of rotatable bonds is 0. The van der Waals surface area contributed by atoms with Crippen LogP contribution in [0.3, 0.4) is 0 Å². The molecule has 0 aromatic carbocycles. The van der Waals surface area contributed by atoms with Gasteiger partial charge < -0.3 is 4.74 Å². The average molecular weight is 196 g/mol. The molecule has 0 aliphatic carbocycles. The van der Waals surface area contributed by atoms with E-state index in [4.69, 9.17) is 0 Å². The minimum absolute atomic E-state index is 0.588. The van der Waals surface area contributed by atoms with Crippen molar-refractivity contribution in [3.8, 4) is 0 Å². The van der Waals surface area contributed by atoms with Crippen molar-refractivity contribution in [2.75, 3.05) is 13.4 Å². The van der Waals surface area contributed by atoms with Crippen LogP contribution in [0.15, 0.2) is 0 Å². The molecule has 0 N–H and O–H groups in total. The maximum Gasteiger partial charge on any atom is 0.156 e. The van der Waals surface area contributed by atoms with Gasteiger partial charge in [-0.1, -0.05) is 12.2 Å². The van der Waals surface area contributed by atoms with E-state index in [0.29, 0.717) is 5.05 Å². The Morgan fingerprint density at radius 3 is 1.50 bits per heavy atom. The van der Waals surface area contributed by atoms with Gasteiger partial charge in [-0.2, -0.15) is 0 Å². The zero-order valence-corrected chi connectivity index (χ0v) is 9.08. The van der Waals surface area contributed by atoms with Crippen LogP contribution in [-0.4, -0.2) is 22.6 Å². The summed E-state index contributed by atoms with van der Waals surface area (Å²) in [7, 11) is 1.56. The van der Waals surface area contributed by atoms with Gasteiger partial charge in [0.05, 0.1) is 7.11 Å². The van der Waals surface area contributed by atoms with E-state index < -0.39 is 0 Å². The summed E-state index contributed by atoms with van der Waals surface area (Å²) in [6.45, 7) is 3.65. The fourth-order valence-corrected chi connectivity index (χ4v) is 0. The van der Waals surface area contributed by atoms with Crippen LogP contribution in [0.25, 0.3) is 0 Å². The van der Waals surface area contributed by atoms with E-state index in [9.17, 15) is 0 Å². The predicted octanol–water partition coefficient (Wildman–Crippen LogP) is 2.68. The van der Waals surface area contributed by atoms with E-state index in [2.05, 4.69) is 29.2 Å². The van der Waals surface area contributed by atoms with Crippen molar-refractivity contribution in [1.29, 1.82) is 0 Å². The summed E-state index contributed by atoms with van der Waals surface area (Å²) in [5.74, 6) is 0. The molecule has 0 heterocycles. The molecule has 1 nitrogen and oxygen atoms in total. The molecule has 0 fully saturated rings. The first-order valence-electron chi connectivity index (χ1n) is 2.63. The topological polar surface area (TPSA) is 9.23 Å². The van der Waals surface area contributed by atoms with Gasteiger partial charge in [0.1, 0.15) is 0 Å². The summed E-state index contributed by atoms with van der Waals surface area (Å²) in [5, 5.41) is 0.588. The molecule has 0 atom stereocenters. The highest BCUT2D eigenvalue weighted by molar-refractivity contribution is 8.22. The third-order valence-corrected chi connectivity index (χ3v) is 1.82. The minimum atomic E-state index is 0.588. The average Bonchev–Trinajstić information content (AvgIpc) is 1.89. The molecular weight excluding hydrogens is 184 g/mol. The lowest BCUT2D eigenvalue weighted by molar-refractivity contribution is 0.411. The Hall–Kier alpha value is 0.330. The van der Waals surface area contributed by atoms with Crippen LogP contribution in [0.5, 0.6) is 0 Å². The molecule has 0 aliphatic rings. The lowest BCUT2D eigenvalue weighted by Crippen LogP contribution is -1.84. The summed E-state index contributed by atoms with van der Waals surface area (Å²) in [6.07, 6.45) is 1.97. The van der Waals surface area contributed by atoms with E-state index in [0.717, 1.165) is 4.20 Å². The molecule has 0 unspecified atom stereocenters. The molecule has 0 amide bonds. The minimum Gasteiger partial charge on any atom is -0.491 e. The van der Waals surface area contributed by atoms with Gasteiger partial charge in [0.25, 0.3) is 0 Å². The molecule has 0 bridgehead atoms. The van der Waals surface area contributed by atoms with Gasteiger partial charge in [0.15, 0.2) is 5.05 Å². The first-order chi connectivity index (χ1) is 4.54. The van der Waals surface area contributed by atoms with E-state index in [-0.39, 0.29) is 0 Å². The Bertz CT molecular complexity index is 97.6. The monoisotopic (exact) mass is 196 g/mol. The van der Waals surface area contributed by atoms with E-state index >= 15 is 0 Å². The van der Waals surface area contributed by atoms with Gasteiger partial charge in [-0.05, 0) is 25.4 Å². The Morgan fingerprint density at radius 2 is 1.50 bits per heavy atom. The number of hydrogen-bond donors (Lipinski definition) is 0. The van der Waals surface area contributed by atoms with Crippen LogP contribution >= 0.6 is 36.2 Å². The summed E-state index contributed by atoms with van der Waals surface area (Å²) in [6, 6.07) is 0. The lowest BCUT2D eigenvalue weighted by atomic mass is 10.9. The SMILES string of the molecule is COC(C)=S.CSC(C)=S. The second-order valence-electron chi connectivity index (χ2n) is 1.39. The summed E-state index contributed by atoms with van der Waals surface area (Å²) < 4.78 is 5.49. The Morgan fingerprint density at radius 1 is 1.30 bits per heavy atom. The third-order valence-electron chi connectivity index (χ3n) is 0.575. The highest BCUT2D eigenvalue weighted by Gasteiger charge is 1.71. The van der Waals surface area contributed by atoms with Crippen molar-refractivity contribution < 1.29 is 4.74 Å². The highest BCUT2D eigenvalue weighted by Crippen LogP contribution is 1.92. The number of thioether (sulfide) groups is 1. The van der Waals surface area contributed by atoms with Crippen molar-refractivity contribution in [2.45, 2.75) is 13.8 Å². The highest BCUT2D eigenvalue weighted by atomic mass is 32.2. The van der Waals surface area contributed by atoms with Crippen molar-refractivity contribution in [3.63, 3.8) is 0 Å². The molecule has 0 aromatic heterocycles. The fourth-order valence-electron chi connectivity index (χ4n) is 0. The van der Waals surface area contributed by atoms with Gasteiger partial charge in [-0.3, -0.25) is 0 Å². The molecule has 0 radical (unpaired) electrons. The Kier molecular flexibility index (Phi) is 12.1. The first-order valence-corrected chi connectivity index (χ1v) is 4.67. The van der Waals surface area contributed by atoms with Crippen molar-refractivity contribution >= 4 is 45.4 Å². The summed E-state index contributed by atoms with van der Waals surface area (Å²) >= 11 is 10.7. The Balaban J connectivity index is 0. The number of ether oxygens (including phenoxy) is 1. The molecular formula is C6H12OS3. The molecule has 0 spiro atoms. The molecule has 0 saturated carbocycles. The van der Waals surface area contributed by atoms with Crippen LogP contribution in [0, 0.1) is 0 Å². The van der Waals surface area contributed by atoms with Crippen molar-refractivity contribution in [3.05, 3.63) is 0 Å². The zero-order valence-electron chi connectivity index (χ0n) is 6.63. The first kappa shape index (κ1) is 13.0. The molecule has 4 heteroatoms. The van der Waals surface area contributed by atoms with Crippen molar-refractivity contribution in [2.24, 2.45) is 0 Å². The normalized spacial score (nSPS) is 7.20. The fraction of sp³-hybridized carbons (Fsp3) is 0.667. The zero-order chi connectivity index (χ0) is 8.57. The molecule has 0 aromatic rings. The summed E-state index contributed by atoms with van der Waals surface area (Å²) in [4.78, 5) is 0. The van der Waals surface area contributed by atoms with Gasteiger partial charge in [-0.25, -0.2) is 0 Å². The maximum atomic E-state index is 4.66. The molecule has 0 saturated heterocycles. The van der Waals surface area contributed by atoms with Gasteiger partial charge in [-0.15, -0.1) is 11.8 Å². The lowest BCUT2D eigenvalue weighted by Gasteiger charge is -1.85.